The molecule has 0 fully saturated rings. The van der Waals surface area contributed by atoms with E-state index in [9.17, 15) is 4.79 Å². The van der Waals surface area contributed by atoms with Gasteiger partial charge in [-0.2, -0.15) is 0 Å². The van der Waals surface area contributed by atoms with Crippen LogP contribution in [0.15, 0.2) is 76.4 Å². The van der Waals surface area contributed by atoms with Crippen molar-refractivity contribution < 1.29 is 14.3 Å². The number of hydrogen-bond acceptors (Lipinski definition) is 5. The van der Waals surface area contributed by atoms with E-state index in [2.05, 4.69) is 57.8 Å². The van der Waals surface area contributed by atoms with Crippen LogP contribution in [0.4, 0.5) is 11.4 Å². The number of carbonyl (C=O) groups is 1. The summed E-state index contributed by atoms with van der Waals surface area (Å²) in [5.74, 6) is 1.58. The highest BCUT2D eigenvalue weighted by atomic mass is 79.9. The van der Waals surface area contributed by atoms with Crippen LogP contribution in [0.5, 0.6) is 11.5 Å². The van der Waals surface area contributed by atoms with Gasteiger partial charge in [0, 0.05) is 17.7 Å². The third-order valence-electron chi connectivity index (χ3n) is 6.73. The molecule has 0 spiro atoms. The second-order valence-electron chi connectivity index (χ2n) is 9.05. The van der Waals surface area contributed by atoms with Crippen LogP contribution in [0.1, 0.15) is 48.4 Å². The second kappa shape index (κ2) is 9.78. The summed E-state index contributed by atoms with van der Waals surface area (Å²) in [6, 6.07) is 20.3. The molecular formula is C29H29BrN2O3. The zero-order chi connectivity index (χ0) is 24.5. The fraction of sp³-hybridized carbons (Fsp3) is 0.276. The number of methoxy groups -OCH3 is 1. The molecule has 35 heavy (non-hydrogen) atoms. The average Bonchev–Trinajstić information content (AvgIpc) is 3.02. The minimum absolute atomic E-state index is 0.141. The largest absolute Gasteiger partial charge is 0.493 e. The van der Waals surface area contributed by atoms with Crippen molar-refractivity contribution in [1.82, 2.24) is 0 Å². The molecule has 2 atom stereocenters. The molecule has 0 saturated heterocycles. The SMILES string of the molecule is CCOc1c(Br)cc([C@@H]2Nc3ccccc3NC3=C2C(=O)C[C@H](c2ccc(C)cc2)C3)cc1OC. The maximum absolute atomic E-state index is 13.8. The first-order chi connectivity index (χ1) is 17.0. The van der Waals surface area contributed by atoms with E-state index in [-0.39, 0.29) is 17.7 Å². The van der Waals surface area contributed by atoms with Crippen molar-refractivity contribution in [3.05, 3.63) is 93.1 Å². The zero-order valence-corrected chi connectivity index (χ0v) is 21.7. The van der Waals surface area contributed by atoms with Crippen molar-refractivity contribution in [2.75, 3.05) is 24.4 Å². The standard InChI is InChI=1S/C29H29BrN2O3/c1-4-35-29-21(30)13-20(16-26(29)34-3)28-27-24(31-22-7-5-6-8-23(22)32-28)14-19(15-25(27)33)18-11-9-17(2)10-12-18/h5-13,16,19,28,31-32H,4,14-15H2,1-3H3/t19-,28+/m1/s1. The number of hydrogen-bond donors (Lipinski definition) is 2. The summed E-state index contributed by atoms with van der Waals surface area (Å²) in [5.41, 5.74) is 7.03. The van der Waals surface area contributed by atoms with Crippen LogP contribution in [0.3, 0.4) is 0 Å². The van der Waals surface area contributed by atoms with Gasteiger partial charge in [-0.15, -0.1) is 0 Å². The number of nitrogens with one attached hydrogen (secondary N) is 2. The summed E-state index contributed by atoms with van der Waals surface area (Å²) in [6.07, 6.45) is 1.25. The number of ketones is 1. The average molecular weight is 533 g/mol. The smallest absolute Gasteiger partial charge is 0.175 e. The molecule has 3 aromatic carbocycles. The molecule has 1 heterocycles. The predicted molar refractivity (Wildman–Crippen MR) is 143 cm³/mol. The number of rotatable bonds is 5. The highest BCUT2D eigenvalue weighted by molar-refractivity contribution is 9.10. The van der Waals surface area contributed by atoms with E-state index in [0.29, 0.717) is 24.5 Å². The molecule has 1 aliphatic heterocycles. The van der Waals surface area contributed by atoms with Gasteiger partial charge in [0.05, 0.1) is 35.6 Å². The number of benzene rings is 3. The summed E-state index contributed by atoms with van der Waals surface area (Å²) in [7, 11) is 1.63. The van der Waals surface area contributed by atoms with Crippen LogP contribution in [0.25, 0.3) is 0 Å². The Hall–Kier alpha value is -3.25. The van der Waals surface area contributed by atoms with E-state index in [0.717, 1.165) is 39.1 Å². The van der Waals surface area contributed by atoms with Gasteiger partial charge in [0.2, 0.25) is 0 Å². The Morgan fingerprint density at radius 3 is 2.46 bits per heavy atom. The number of aryl methyl sites for hydroxylation is 1. The Labute approximate surface area is 214 Å². The fourth-order valence-corrected chi connectivity index (χ4v) is 5.58. The molecule has 2 aliphatic rings. The Morgan fingerprint density at radius 2 is 1.74 bits per heavy atom. The molecule has 1 aliphatic carbocycles. The maximum Gasteiger partial charge on any atom is 0.175 e. The number of Topliss-reactive ketones (excluding diaryl/α,β-unsaturated/α-hetero) is 1. The predicted octanol–water partition coefficient (Wildman–Crippen LogP) is 7.14. The van der Waals surface area contributed by atoms with Gasteiger partial charge < -0.3 is 20.1 Å². The number of carbonyl (C=O) groups excluding carboxylic acids is 1. The van der Waals surface area contributed by atoms with E-state index >= 15 is 0 Å². The fourth-order valence-electron chi connectivity index (χ4n) is 5.01. The van der Waals surface area contributed by atoms with Crippen LogP contribution >= 0.6 is 15.9 Å². The lowest BCUT2D eigenvalue weighted by Gasteiger charge is -2.30. The summed E-state index contributed by atoms with van der Waals surface area (Å²) in [5, 5.41) is 7.25. The summed E-state index contributed by atoms with van der Waals surface area (Å²) < 4.78 is 12.3. The first kappa shape index (κ1) is 23.5. The van der Waals surface area contributed by atoms with Gasteiger partial charge >= 0.3 is 0 Å². The second-order valence-corrected chi connectivity index (χ2v) is 9.90. The third-order valence-corrected chi connectivity index (χ3v) is 7.32. The molecule has 5 rings (SSSR count). The molecule has 0 radical (unpaired) electrons. The molecule has 180 valence electrons. The van der Waals surface area contributed by atoms with Crippen molar-refractivity contribution in [1.29, 1.82) is 0 Å². The lowest BCUT2D eigenvalue weighted by atomic mass is 9.78. The van der Waals surface area contributed by atoms with Crippen molar-refractivity contribution in [2.24, 2.45) is 0 Å². The number of ether oxygens (including phenoxy) is 2. The Balaban J connectivity index is 1.62. The number of halogens is 1. The van der Waals surface area contributed by atoms with Crippen molar-refractivity contribution in [2.45, 2.75) is 38.6 Å². The number of anilines is 2. The van der Waals surface area contributed by atoms with Crippen LogP contribution in [-0.4, -0.2) is 19.5 Å². The lowest BCUT2D eigenvalue weighted by molar-refractivity contribution is -0.116. The topological polar surface area (TPSA) is 59.6 Å². The molecule has 0 amide bonds. The van der Waals surface area contributed by atoms with Gasteiger partial charge in [-0.3, -0.25) is 4.79 Å². The molecule has 5 nitrogen and oxygen atoms in total. The number of para-hydroxylation sites is 2. The molecule has 0 unspecified atom stereocenters. The van der Waals surface area contributed by atoms with E-state index < -0.39 is 0 Å². The molecular weight excluding hydrogens is 504 g/mol. The molecule has 2 N–H and O–H groups in total. The van der Waals surface area contributed by atoms with Gasteiger partial charge in [-0.1, -0.05) is 42.0 Å². The Kier molecular flexibility index (Phi) is 6.56. The quantitative estimate of drug-likeness (QED) is 0.365. The van der Waals surface area contributed by atoms with Gasteiger partial charge in [0.1, 0.15) is 0 Å². The van der Waals surface area contributed by atoms with E-state index in [4.69, 9.17) is 9.47 Å². The van der Waals surface area contributed by atoms with Gasteiger partial charge in [0.25, 0.3) is 0 Å². The minimum atomic E-state index is -0.325. The van der Waals surface area contributed by atoms with Crippen LogP contribution in [0.2, 0.25) is 0 Å². The Morgan fingerprint density at radius 1 is 1.00 bits per heavy atom. The monoisotopic (exact) mass is 532 g/mol. The summed E-state index contributed by atoms with van der Waals surface area (Å²) in [6.45, 7) is 4.55. The maximum atomic E-state index is 13.8. The lowest BCUT2D eigenvalue weighted by Crippen LogP contribution is -2.27. The van der Waals surface area contributed by atoms with Gasteiger partial charge in [-0.05, 0) is 77.5 Å². The molecule has 6 heteroatoms. The van der Waals surface area contributed by atoms with Gasteiger partial charge in [-0.25, -0.2) is 0 Å². The van der Waals surface area contributed by atoms with E-state index in [1.54, 1.807) is 7.11 Å². The number of fused-ring (bicyclic) bond motifs is 1. The Bertz CT molecular complexity index is 1300. The molecule has 3 aromatic rings. The van der Waals surface area contributed by atoms with E-state index in [1.807, 2.05) is 43.3 Å². The van der Waals surface area contributed by atoms with Crippen LogP contribution in [-0.2, 0) is 4.79 Å². The normalized spacial score (nSPS) is 19.1. The third kappa shape index (κ3) is 4.55. The first-order valence-electron chi connectivity index (χ1n) is 11.9. The highest BCUT2D eigenvalue weighted by Crippen LogP contribution is 2.46. The van der Waals surface area contributed by atoms with Crippen LogP contribution < -0.4 is 20.1 Å². The van der Waals surface area contributed by atoms with Crippen molar-refractivity contribution >= 4 is 33.1 Å². The zero-order valence-electron chi connectivity index (χ0n) is 20.2. The van der Waals surface area contributed by atoms with Crippen molar-refractivity contribution in [3.8, 4) is 11.5 Å². The van der Waals surface area contributed by atoms with Crippen molar-refractivity contribution in [3.63, 3.8) is 0 Å². The molecule has 0 bridgehead atoms. The molecule has 0 aromatic heterocycles. The number of allylic oxidation sites excluding steroid dienone is 1. The minimum Gasteiger partial charge on any atom is -0.493 e. The summed E-state index contributed by atoms with van der Waals surface area (Å²) >= 11 is 3.66. The first-order valence-corrected chi connectivity index (χ1v) is 12.7. The molecule has 0 saturated carbocycles. The van der Waals surface area contributed by atoms with E-state index in [1.165, 1.54) is 11.1 Å². The highest BCUT2D eigenvalue weighted by Gasteiger charge is 2.36. The van der Waals surface area contributed by atoms with Crippen LogP contribution in [0, 0.1) is 6.92 Å². The summed E-state index contributed by atoms with van der Waals surface area (Å²) in [4.78, 5) is 13.8. The van der Waals surface area contributed by atoms with Gasteiger partial charge in [0.15, 0.2) is 17.3 Å².